The molecular weight excluding hydrogens is 278 g/mol. The molecule has 1 aliphatic heterocycles. The SMILES string of the molecule is CN1C(=O)CN=C([13c]2[13cH][13cH][13cH][13cH][13cH]2)c2cc(Cl)ccc21. The fourth-order valence-corrected chi connectivity index (χ4v) is 2.48. The van der Waals surface area contributed by atoms with Gasteiger partial charge in [-0.3, -0.25) is 9.79 Å². The monoisotopic (exact) mass is 290 g/mol. The molecule has 0 radical (unpaired) electrons. The van der Waals surface area contributed by atoms with E-state index in [1.54, 1.807) is 18.0 Å². The van der Waals surface area contributed by atoms with Crippen molar-refractivity contribution in [3.8, 4) is 0 Å². The molecule has 0 saturated carbocycles. The van der Waals surface area contributed by atoms with Crippen molar-refractivity contribution in [3.63, 3.8) is 0 Å². The summed E-state index contributed by atoms with van der Waals surface area (Å²) in [5.41, 5.74) is 3.51. The van der Waals surface area contributed by atoms with E-state index in [-0.39, 0.29) is 12.5 Å². The summed E-state index contributed by atoms with van der Waals surface area (Å²) in [6.07, 6.45) is 0. The molecule has 20 heavy (non-hydrogen) atoms. The number of amides is 1. The third-order valence-corrected chi connectivity index (χ3v) is 3.60. The van der Waals surface area contributed by atoms with Crippen molar-refractivity contribution in [1.29, 1.82) is 0 Å². The Balaban J connectivity index is 2.23. The van der Waals surface area contributed by atoms with Gasteiger partial charge in [-0.25, -0.2) is 0 Å². The molecule has 3 nitrogen and oxygen atoms in total. The minimum absolute atomic E-state index is 0.0282. The van der Waals surface area contributed by atoms with Crippen LogP contribution in [0.15, 0.2) is 53.5 Å². The van der Waals surface area contributed by atoms with Crippen LogP contribution in [0.25, 0.3) is 0 Å². The number of benzene rings is 2. The van der Waals surface area contributed by atoms with Gasteiger partial charge in [-0.2, -0.15) is 0 Å². The average Bonchev–Trinajstić information content (AvgIpc) is 2.58. The summed E-state index contributed by atoms with van der Waals surface area (Å²) < 4.78 is 0. The summed E-state index contributed by atoms with van der Waals surface area (Å²) in [4.78, 5) is 18.1. The van der Waals surface area contributed by atoms with Crippen molar-refractivity contribution in [2.45, 2.75) is 0 Å². The van der Waals surface area contributed by atoms with E-state index in [2.05, 4.69) is 4.99 Å². The highest BCUT2D eigenvalue weighted by Crippen LogP contribution is 2.28. The Morgan fingerprint density at radius 3 is 2.65 bits per heavy atom. The topological polar surface area (TPSA) is 32.7 Å². The molecule has 0 bridgehead atoms. The first-order chi connectivity index (χ1) is 9.66. The Kier molecular flexibility index (Phi) is 3.28. The molecule has 0 aromatic heterocycles. The van der Waals surface area contributed by atoms with Gasteiger partial charge < -0.3 is 4.90 Å². The van der Waals surface area contributed by atoms with Crippen LogP contribution in [0, 0.1) is 0 Å². The van der Waals surface area contributed by atoms with Crippen LogP contribution < -0.4 is 4.90 Å². The van der Waals surface area contributed by atoms with Gasteiger partial charge >= 0.3 is 0 Å². The molecule has 1 heterocycles. The standard InChI is InChI=1S/C16H13ClN2O/c1-19-14-8-7-12(17)9-13(14)16(18-10-15(19)20)11-5-3-2-4-6-11/h2-9H,10H2,1H3/i2+1,3+1,4+1,5+1,6+1,11+1. The maximum Gasteiger partial charge on any atom is 0.248 e. The van der Waals surface area contributed by atoms with Crippen LogP contribution in [0.5, 0.6) is 0 Å². The summed E-state index contributed by atoms with van der Waals surface area (Å²) >= 11 is 6.11. The summed E-state index contributed by atoms with van der Waals surface area (Å²) in [6, 6.07) is 15.3. The van der Waals surface area contributed by atoms with Gasteiger partial charge in [0.15, 0.2) is 0 Å². The molecule has 1 amide bonds. The number of hydrogen-bond acceptors (Lipinski definition) is 2. The molecule has 1 aliphatic rings. The zero-order chi connectivity index (χ0) is 14.1. The number of benzodiazepines with no additional fused rings is 1. The van der Waals surface area contributed by atoms with Crippen LogP contribution >= 0.6 is 11.6 Å². The highest BCUT2D eigenvalue weighted by atomic mass is 35.5. The van der Waals surface area contributed by atoms with Crippen molar-refractivity contribution in [3.05, 3.63) is 64.7 Å². The highest BCUT2D eigenvalue weighted by Gasteiger charge is 2.22. The number of aliphatic imine (C=N–C) groups is 1. The van der Waals surface area contributed by atoms with E-state index < -0.39 is 0 Å². The second-order valence-electron chi connectivity index (χ2n) is 4.65. The molecule has 0 unspecified atom stereocenters. The van der Waals surface area contributed by atoms with Gasteiger partial charge in [-0.05, 0) is 18.2 Å². The van der Waals surface area contributed by atoms with Crippen molar-refractivity contribution in [2.24, 2.45) is 4.99 Å². The van der Waals surface area contributed by atoms with Gasteiger partial charge in [-0.1, -0.05) is 41.9 Å². The molecule has 0 fully saturated rings. The van der Waals surface area contributed by atoms with Crippen molar-refractivity contribution >= 4 is 28.9 Å². The van der Waals surface area contributed by atoms with Crippen molar-refractivity contribution in [1.82, 2.24) is 0 Å². The smallest absolute Gasteiger partial charge is 0.248 e. The molecule has 0 N–H and O–H groups in total. The number of rotatable bonds is 1. The van der Waals surface area contributed by atoms with Gasteiger partial charge in [-0.15, -0.1) is 0 Å². The van der Waals surface area contributed by atoms with Gasteiger partial charge in [0.05, 0.1) is 11.4 Å². The number of fused-ring (bicyclic) bond motifs is 1. The molecule has 2 aromatic rings. The Morgan fingerprint density at radius 1 is 1.15 bits per heavy atom. The van der Waals surface area contributed by atoms with E-state index in [1.165, 1.54) is 0 Å². The van der Waals surface area contributed by atoms with Gasteiger partial charge in [0, 0.05) is 23.2 Å². The lowest BCUT2D eigenvalue weighted by Gasteiger charge is -2.18. The summed E-state index contributed by atoms with van der Waals surface area (Å²) in [6.45, 7) is 0.146. The first kappa shape index (κ1) is 12.9. The quantitative estimate of drug-likeness (QED) is 0.794. The predicted octanol–water partition coefficient (Wildman–Crippen LogP) is 3.15. The number of hydrogen-bond donors (Lipinski definition) is 0. The van der Waals surface area contributed by atoms with Crippen molar-refractivity contribution < 1.29 is 4.79 Å². The third kappa shape index (κ3) is 2.21. The number of halogens is 1. The molecule has 4 heteroatoms. The van der Waals surface area contributed by atoms with E-state index in [4.69, 9.17) is 11.6 Å². The minimum atomic E-state index is -0.0282. The normalized spacial score (nSPS) is 14.6. The fraction of sp³-hybridized carbons (Fsp3) is 0.125. The van der Waals surface area contributed by atoms with Gasteiger partial charge in [0.1, 0.15) is 6.54 Å². The second kappa shape index (κ2) is 5.10. The zero-order valence-corrected chi connectivity index (χ0v) is 11.8. The molecular formula is C16H13ClN2O. The van der Waals surface area contributed by atoms with Crippen LogP contribution in [0.3, 0.4) is 0 Å². The molecule has 0 aliphatic carbocycles. The van der Waals surface area contributed by atoms with Gasteiger partial charge in [0.2, 0.25) is 5.91 Å². The Labute approximate surface area is 122 Å². The number of likely N-dealkylation sites (N-methyl/N-ethyl adjacent to an activating group) is 1. The van der Waals surface area contributed by atoms with Gasteiger partial charge in [0.25, 0.3) is 0 Å². The number of carbonyl (C=O) groups excluding carboxylic acids is 1. The molecule has 0 atom stereocenters. The van der Waals surface area contributed by atoms with Crippen LogP contribution in [-0.2, 0) is 4.79 Å². The molecule has 0 saturated heterocycles. The number of anilines is 1. The Hall–Kier alpha value is -2.13. The lowest BCUT2D eigenvalue weighted by molar-refractivity contribution is -0.116. The lowest BCUT2D eigenvalue weighted by Crippen LogP contribution is -2.27. The maximum atomic E-state index is 12.0. The summed E-state index contributed by atoms with van der Waals surface area (Å²) in [5, 5.41) is 0.634. The van der Waals surface area contributed by atoms with Crippen molar-refractivity contribution in [2.75, 3.05) is 18.5 Å². The Morgan fingerprint density at radius 2 is 1.90 bits per heavy atom. The highest BCUT2D eigenvalue weighted by molar-refractivity contribution is 6.32. The maximum absolute atomic E-state index is 12.0. The summed E-state index contributed by atoms with van der Waals surface area (Å²) in [7, 11) is 1.76. The van der Waals surface area contributed by atoms with E-state index in [1.807, 2.05) is 42.5 Å². The first-order valence-corrected chi connectivity index (χ1v) is 6.71. The largest absolute Gasteiger partial charge is 0.313 e. The third-order valence-electron chi connectivity index (χ3n) is 3.37. The van der Waals surface area contributed by atoms with Crippen LogP contribution in [0.4, 0.5) is 5.69 Å². The number of nitrogens with zero attached hydrogens (tertiary/aromatic N) is 2. The summed E-state index contributed by atoms with van der Waals surface area (Å²) in [5.74, 6) is -0.0282. The van der Waals surface area contributed by atoms with E-state index in [0.717, 1.165) is 22.5 Å². The average molecular weight is 291 g/mol. The van der Waals surface area contributed by atoms with E-state index >= 15 is 0 Å². The molecule has 100 valence electrons. The minimum Gasteiger partial charge on any atom is -0.313 e. The predicted molar refractivity (Wildman–Crippen MR) is 81.8 cm³/mol. The van der Waals surface area contributed by atoms with Crippen LogP contribution in [0.1, 0.15) is 11.1 Å². The zero-order valence-electron chi connectivity index (χ0n) is 11.0. The first-order valence-electron chi connectivity index (χ1n) is 6.33. The fourth-order valence-electron chi connectivity index (χ4n) is 2.31. The van der Waals surface area contributed by atoms with E-state index in [9.17, 15) is 4.79 Å². The second-order valence-corrected chi connectivity index (χ2v) is 5.08. The van der Waals surface area contributed by atoms with E-state index in [0.29, 0.717) is 5.02 Å². The number of carbonyl (C=O) groups is 1. The Bertz CT molecular complexity index is 695. The lowest BCUT2D eigenvalue weighted by atomic mass is 10.1. The molecule has 3 rings (SSSR count). The molecule has 2 aromatic carbocycles. The van der Waals surface area contributed by atoms with Crippen LogP contribution in [0.2, 0.25) is 5.02 Å². The molecule has 0 spiro atoms. The van der Waals surface area contributed by atoms with Crippen LogP contribution in [-0.4, -0.2) is 25.2 Å².